The first-order valence-electron chi connectivity index (χ1n) is 6.72. The number of nitrogens with one attached hydrogen (secondary N) is 1. The number of aromatic nitrogens is 1. The highest BCUT2D eigenvalue weighted by molar-refractivity contribution is 7.22. The van der Waals surface area contributed by atoms with Crippen LogP contribution < -0.4 is 5.32 Å². The largest absolute Gasteiger partial charge is 0.298 e. The van der Waals surface area contributed by atoms with Crippen molar-refractivity contribution in [2.45, 2.75) is 6.92 Å². The fourth-order valence-corrected chi connectivity index (χ4v) is 2.95. The van der Waals surface area contributed by atoms with Gasteiger partial charge in [0.25, 0.3) is 0 Å². The van der Waals surface area contributed by atoms with Crippen molar-refractivity contribution in [1.29, 1.82) is 0 Å². The van der Waals surface area contributed by atoms with Crippen LogP contribution in [0.1, 0.15) is 11.1 Å². The Bertz CT molecular complexity index is 853. The zero-order valence-electron chi connectivity index (χ0n) is 11.8. The summed E-state index contributed by atoms with van der Waals surface area (Å²) in [6, 6.07) is 11.9. The van der Waals surface area contributed by atoms with E-state index in [0.29, 0.717) is 5.13 Å². The molecule has 110 valence electrons. The zero-order chi connectivity index (χ0) is 15.5. The number of carbonyl (C=O) groups excluding carboxylic acids is 1. The SMILES string of the molecule is Cc1ccc2nc(NC(=O)C=Cc3ccc(F)cc3)sc2c1. The molecule has 5 heteroatoms. The second kappa shape index (κ2) is 6.07. The molecule has 1 heterocycles. The van der Waals surface area contributed by atoms with Crippen LogP contribution in [0.5, 0.6) is 0 Å². The monoisotopic (exact) mass is 312 g/mol. The van der Waals surface area contributed by atoms with Gasteiger partial charge in [0.15, 0.2) is 5.13 Å². The number of rotatable bonds is 3. The quantitative estimate of drug-likeness (QED) is 0.729. The number of nitrogens with zero attached hydrogens (tertiary/aromatic N) is 1. The van der Waals surface area contributed by atoms with E-state index in [0.717, 1.165) is 21.3 Å². The summed E-state index contributed by atoms with van der Waals surface area (Å²) in [4.78, 5) is 16.3. The smallest absolute Gasteiger partial charge is 0.250 e. The van der Waals surface area contributed by atoms with Gasteiger partial charge in [0.05, 0.1) is 10.2 Å². The molecule has 1 amide bonds. The van der Waals surface area contributed by atoms with Gasteiger partial charge in [0, 0.05) is 6.08 Å². The fourth-order valence-electron chi connectivity index (χ4n) is 1.98. The average molecular weight is 312 g/mol. The van der Waals surface area contributed by atoms with E-state index >= 15 is 0 Å². The average Bonchev–Trinajstić information content (AvgIpc) is 2.88. The number of hydrogen-bond acceptors (Lipinski definition) is 3. The van der Waals surface area contributed by atoms with Gasteiger partial charge >= 0.3 is 0 Å². The molecule has 0 aliphatic rings. The van der Waals surface area contributed by atoms with Crippen molar-refractivity contribution in [1.82, 2.24) is 4.98 Å². The van der Waals surface area contributed by atoms with E-state index in [2.05, 4.69) is 10.3 Å². The highest BCUT2D eigenvalue weighted by atomic mass is 32.1. The number of hydrogen-bond donors (Lipinski definition) is 1. The second-order valence-electron chi connectivity index (χ2n) is 4.86. The van der Waals surface area contributed by atoms with Gasteiger partial charge in [0.1, 0.15) is 5.82 Å². The molecule has 0 bridgehead atoms. The van der Waals surface area contributed by atoms with Crippen molar-refractivity contribution in [2.75, 3.05) is 5.32 Å². The fraction of sp³-hybridized carbons (Fsp3) is 0.0588. The van der Waals surface area contributed by atoms with Gasteiger partial charge in [-0.05, 0) is 48.4 Å². The highest BCUT2D eigenvalue weighted by Gasteiger charge is 2.05. The molecule has 0 spiro atoms. The molecule has 22 heavy (non-hydrogen) atoms. The minimum Gasteiger partial charge on any atom is -0.298 e. The molecule has 3 aromatic rings. The molecule has 0 atom stereocenters. The first kappa shape index (κ1) is 14.4. The Morgan fingerprint density at radius 2 is 2.00 bits per heavy atom. The number of anilines is 1. The molecule has 0 saturated heterocycles. The van der Waals surface area contributed by atoms with E-state index < -0.39 is 0 Å². The van der Waals surface area contributed by atoms with Gasteiger partial charge in [-0.25, -0.2) is 9.37 Å². The van der Waals surface area contributed by atoms with E-state index in [4.69, 9.17) is 0 Å². The maximum Gasteiger partial charge on any atom is 0.250 e. The molecule has 0 aliphatic carbocycles. The maximum atomic E-state index is 12.8. The van der Waals surface area contributed by atoms with Crippen molar-refractivity contribution < 1.29 is 9.18 Å². The minimum absolute atomic E-state index is 0.264. The van der Waals surface area contributed by atoms with Crippen molar-refractivity contribution in [3.63, 3.8) is 0 Å². The van der Waals surface area contributed by atoms with Crippen LogP contribution in [0.4, 0.5) is 9.52 Å². The molecule has 0 saturated carbocycles. The van der Waals surface area contributed by atoms with Gasteiger partial charge < -0.3 is 0 Å². The molecule has 1 N–H and O–H groups in total. The van der Waals surface area contributed by atoms with Gasteiger partial charge in [-0.15, -0.1) is 0 Å². The van der Waals surface area contributed by atoms with Crippen LogP contribution in [-0.2, 0) is 4.79 Å². The third-order valence-corrected chi connectivity index (χ3v) is 4.00. The lowest BCUT2D eigenvalue weighted by Crippen LogP contribution is -2.07. The molecule has 2 aromatic carbocycles. The third-order valence-electron chi connectivity index (χ3n) is 3.07. The summed E-state index contributed by atoms with van der Waals surface area (Å²) in [5, 5.41) is 3.30. The Morgan fingerprint density at radius 3 is 2.77 bits per heavy atom. The summed E-state index contributed by atoms with van der Waals surface area (Å²) in [5.41, 5.74) is 2.79. The minimum atomic E-state index is -0.300. The first-order valence-corrected chi connectivity index (χ1v) is 7.54. The number of halogens is 1. The van der Waals surface area contributed by atoms with Gasteiger partial charge in [-0.2, -0.15) is 0 Å². The second-order valence-corrected chi connectivity index (χ2v) is 5.89. The predicted octanol–water partition coefficient (Wildman–Crippen LogP) is 4.40. The molecule has 0 fully saturated rings. The van der Waals surface area contributed by atoms with Crippen LogP contribution in [0.25, 0.3) is 16.3 Å². The molecule has 0 aliphatic heterocycles. The number of carbonyl (C=O) groups is 1. The summed E-state index contributed by atoms with van der Waals surface area (Å²) in [6.45, 7) is 2.02. The number of amides is 1. The van der Waals surface area contributed by atoms with Crippen LogP contribution in [0.2, 0.25) is 0 Å². The topological polar surface area (TPSA) is 42.0 Å². The van der Waals surface area contributed by atoms with Crippen molar-refractivity contribution >= 4 is 38.7 Å². The van der Waals surface area contributed by atoms with Crippen LogP contribution in [0.15, 0.2) is 48.5 Å². The molecule has 0 unspecified atom stereocenters. The number of fused-ring (bicyclic) bond motifs is 1. The molecule has 3 nitrogen and oxygen atoms in total. The summed E-state index contributed by atoms with van der Waals surface area (Å²) in [6.07, 6.45) is 3.04. The van der Waals surface area contributed by atoms with Gasteiger partial charge in [-0.1, -0.05) is 29.5 Å². The maximum absolute atomic E-state index is 12.8. The van der Waals surface area contributed by atoms with Crippen LogP contribution >= 0.6 is 11.3 Å². The predicted molar refractivity (Wildman–Crippen MR) is 88.4 cm³/mol. The Morgan fingerprint density at radius 1 is 1.23 bits per heavy atom. The molecule has 1 aromatic heterocycles. The van der Waals surface area contributed by atoms with E-state index in [1.165, 1.54) is 29.5 Å². The summed E-state index contributed by atoms with van der Waals surface area (Å²) in [7, 11) is 0. The normalized spacial score (nSPS) is 11.2. The van der Waals surface area contributed by atoms with Crippen LogP contribution in [-0.4, -0.2) is 10.9 Å². The molecular weight excluding hydrogens is 299 g/mol. The standard InChI is InChI=1S/C17H13FN2OS/c1-11-2-8-14-15(10-11)22-17(19-14)20-16(21)9-5-12-3-6-13(18)7-4-12/h2-10H,1H3,(H,19,20,21). The van der Waals surface area contributed by atoms with Gasteiger partial charge in [-0.3, -0.25) is 10.1 Å². The summed E-state index contributed by atoms with van der Waals surface area (Å²) < 4.78 is 13.8. The van der Waals surface area contributed by atoms with Gasteiger partial charge in [0.2, 0.25) is 5.91 Å². The number of aryl methyl sites for hydroxylation is 1. The molecule has 0 radical (unpaired) electrons. The van der Waals surface area contributed by atoms with E-state index in [9.17, 15) is 9.18 Å². The van der Waals surface area contributed by atoms with E-state index in [-0.39, 0.29) is 11.7 Å². The summed E-state index contributed by atoms with van der Waals surface area (Å²) in [5.74, 6) is -0.563. The lowest BCUT2D eigenvalue weighted by molar-refractivity contribution is -0.111. The van der Waals surface area contributed by atoms with Crippen LogP contribution in [0, 0.1) is 12.7 Å². The zero-order valence-corrected chi connectivity index (χ0v) is 12.7. The number of thiazole rings is 1. The van der Waals surface area contributed by atoms with Crippen molar-refractivity contribution in [3.8, 4) is 0 Å². The Kier molecular flexibility index (Phi) is 3.98. The van der Waals surface area contributed by atoms with Crippen molar-refractivity contribution in [2.24, 2.45) is 0 Å². The lowest BCUT2D eigenvalue weighted by atomic mass is 10.2. The Hall–Kier alpha value is -2.53. The highest BCUT2D eigenvalue weighted by Crippen LogP contribution is 2.26. The lowest BCUT2D eigenvalue weighted by Gasteiger charge is -1.96. The number of benzene rings is 2. The first-order chi connectivity index (χ1) is 10.6. The van der Waals surface area contributed by atoms with Crippen molar-refractivity contribution in [3.05, 3.63) is 65.5 Å². The van der Waals surface area contributed by atoms with E-state index in [1.54, 1.807) is 18.2 Å². The van der Waals surface area contributed by atoms with Crippen LogP contribution in [0.3, 0.4) is 0 Å². The third kappa shape index (κ3) is 3.38. The molecule has 3 rings (SSSR count). The van der Waals surface area contributed by atoms with E-state index in [1.807, 2.05) is 25.1 Å². The Balaban J connectivity index is 1.71. The molecular formula is C17H13FN2OS. The Labute approximate surface area is 131 Å². The summed E-state index contributed by atoms with van der Waals surface area (Å²) >= 11 is 1.44.